The molecule has 2 heterocycles. The lowest BCUT2D eigenvalue weighted by atomic mass is 10.3. The van der Waals surface area contributed by atoms with E-state index in [-0.39, 0.29) is 6.01 Å². The Morgan fingerprint density at radius 2 is 2.14 bits per heavy atom. The molecule has 116 valence electrons. The number of aromatic nitrogens is 4. The van der Waals surface area contributed by atoms with E-state index in [0.29, 0.717) is 29.0 Å². The smallest absolute Gasteiger partial charge is 0.338 e. The highest BCUT2D eigenvalue weighted by Crippen LogP contribution is 2.25. The summed E-state index contributed by atoms with van der Waals surface area (Å²) in [5.74, 6) is -0.100. The summed E-state index contributed by atoms with van der Waals surface area (Å²) in [7, 11) is -3.78. The number of nitrogens with zero attached hydrogens (tertiary/aromatic N) is 4. The number of rotatable bonds is 4. The number of halogens is 1. The third-order valence-electron chi connectivity index (χ3n) is 2.83. The zero-order chi connectivity index (χ0) is 15.9. The van der Waals surface area contributed by atoms with Gasteiger partial charge in [0.15, 0.2) is 5.82 Å². The largest absolute Gasteiger partial charge is 0.367 e. The molecule has 0 spiro atoms. The molecule has 0 saturated carbocycles. The van der Waals surface area contributed by atoms with E-state index in [9.17, 15) is 12.8 Å². The molecule has 0 atom stereocenters. The van der Waals surface area contributed by atoms with E-state index in [0.717, 1.165) is 6.26 Å². The Labute approximate surface area is 125 Å². The van der Waals surface area contributed by atoms with Crippen LogP contribution in [0.3, 0.4) is 0 Å². The summed E-state index contributed by atoms with van der Waals surface area (Å²) in [6.45, 7) is 2.41. The van der Waals surface area contributed by atoms with Crippen LogP contribution in [0.25, 0.3) is 16.7 Å². The average Bonchev–Trinajstić information content (AvgIpc) is 2.81. The van der Waals surface area contributed by atoms with Gasteiger partial charge in [-0.25, -0.2) is 13.8 Å². The Balaban J connectivity index is 2.38. The lowest BCUT2D eigenvalue weighted by Gasteiger charge is -2.08. The molecule has 0 unspecified atom stereocenters. The molecular weight excluding hydrogens is 313 g/mol. The molecule has 3 aromatic rings. The van der Waals surface area contributed by atoms with E-state index in [2.05, 4.69) is 20.5 Å². The molecular formula is C12H12FN5O3S. The maximum atomic E-state index is 13.4. The molecule has 22 heavy (non-hydrogen) atoms. The molecule has 0 aliphatic rings. The topological polar surface area (TPSA) is 98.5 Å². The summed E-state index contributed by atoms with van der Waals surface area (Å²) >= 11 is 0. The maximum absolute atomic E-state index is 13.4. The standard InChI is InChI=1S/C12H12FN5O3S/c1-3-14-10-11-16-17-12(21-22(2,19)20)18(11)9-5-4-7(13)6-8(9)15-10/h4-6H,3H2,1-2H3,(H,14,15). The summed E-state index contributed by atoms with van der Waals surface area (Å²) in [4.78, 5) is 4.28. The van der Waals surface area contributed by atoms with Gasteiger partial charge in [0.1, 0.15) is 5.82 Å². The van der Waals surface area contributed by atoms with Crippen LogP contribution in [0.4, 0.5) is 10.2 Å². The third kappa shape index (κ3) is 2.52. The van der Waals surface area contributed by atoms with E-state index < -0.39 is 15.9 Å². The van der Waals surface area contributed by atoms with Gasteiger partial charge >= 0.3 is 16.1 Å². The quantitative estimate of drug-likeness (QED) is 0.719. The molecule has 10 heteroatoms. The fraction of sp³-hybridized carbons (Fsp3) is 0.250. The van der Waals surface area contributed by atoms with Crippen molar-refractivity contribution in [2.24, 2.45) is 0 Å². The Kier molecular flexibility index (Phi) is 3.32. The van der Waals surface area contributed by atoms with Crippen molar-refractivity contribution in [1.82, 2.24) is 19.6 Å². The first-order valence-corrected chi connectivity index (χ1v) is 8.18. The minimum atomic E-state index is -3.78. The van der Waals surface area contributed by atoms with Crippen molar-refractivity contribution < 1.29 is 17.0 Å². The van der Waals surface area contributed by atoms with Gasteiger partial charge in [-0.05, 0) is 19.1 Å². The van der Waals surface area contributed by atoms with Crippen molar-refractivity contribution in [3.8, 4) is 6.01 Å². The summed E-state index contributed by atoms with van der Waals surface area (Å²) in [5, 5.41) is 10.6. The Morgan fingerprint density at radius 3 is 2.82 bits per heavy atom. The van der Waals surface area contributed by atoms with Gasteiger partial charge in [0.05, 0.1) is 17.3 Å². The summed E-state index contributed by atoms with van der Waals surface area (Å²) in [6.07, 6.45) is 0.905. The lowest BCUT2D eigenvalue weighted by Crippen LogP contribution is -2.09. The van der Waals surface area contributed by atoms with Crippen molar-refractivity contribution in [1.29, 1.82) is 0 Å². The average molecular weight is 325 g/mol. The van der Waals surface area contributed by atoms with Gasteiger partial charge < -0.3 is 9.50 Å². The molecule has 0 bridgehead atoms. The number of fused-ring (bicyclic) bond motifs is 3. The number of benzene rings is 1. The molecule has 0 aliphatic carbocycles. The Hall–Kier alpha value is -2.49. The minimum Gasteiger partial charge on any atom is -0.367 e. The monoisotopic (exact) mass is 325 g/mol. The number of nitrogens with one attached hydrogen (secondary N) is 1. The lowest BCUT2D eigenvalue weighted by molar-refractivity contribution is 0.468. The number of hydrogen-bond donors (Lipinski definition) is 1. The zero-order valence-corrected chi connectivity index (χ0v) is 12.6. The second kappa shape index (κ2) is 5.05. The highest BCUT2D eigenvalue weighted by molar-refractivity contribution is 7.86. The van der Waals surface area contributed by atoms with Gasteiger partial charge in [0.2, 0.25) is 5.65 Å². The first kappa shape index (κ1) is 14.4. The van der Waals surface area contributed by atoms with Gasteiger partial charge in [0, 0.05) is 12.6 Å². The predicted molar refractivity (Wildman–Crippen MR) is 77.9 cm³/mol. The van der Waals surface area contributed by atoms with Crippen molar-refractivity contribution in [2.45, 2.75) is 6.92 Å². The van der Waals surface area contributed by atoms with Gasteiger partial charge in [-0.1, -0.05) is 5.10 Å². The van der Waals surface area contributed by atoms with Gasteiger partial charge in [-0.2, -0.15) is 8.42 Å². The highest BCUT2D eigenvalue weighted by Gasteiger charge is 2.18. The Bertz CT molecular complexity index is 970. The summed E-state index contributed by atoms with van der Waals surface area (Å²) < 4.78 is 42.3. The van der Waals surface area contributed by atoms with Gasteiger partial charge in [0.25, 0.3) is 0 Å². The highest BCUT2D eigenvalue weighted by atomic mass is 32.2. The first-order chi connectivity index (χ1) is 10.4. The first-order valence-electron chi connectivity index (χ1n) is 6.37. The number of hydrogen-bond acceptors (Lipinski definition) is 7. The van der Waals surface area contributed by atoms with E-state index in [1.807, 2.05) is 6.92 Å². The fourth-order valence-electron chi connectivity index (χ4n) is 2.06. The van der Waals surface area contributed by atoms with Crippen LogP contribution < -0.4 is 9.50 Å². The zero-order valence-electron chi connectivity index (χ0n) is 11.7. The predicted octanol–water partition coefficient (Wildman–Crippen LogP) is 1.19. The van der Waals surface area contributed by atoms with Crippen molar-refractivity contribution in [3.05, 3.63) is 24.0 Å². The molecule has 0 amide bonds. The van der Waals surface area contributed by atoms with Crippen LogP contribution in [0, 0.1) is 5.82 Å². The third-order valence-corrected chi connectivity index (χ3v) is 3.28. The molecule has 8 nitrogen and oxygen atoms in total. The summed E-state index contributed by atoms with van der Waals surface area (Å²) in [6, 6.07) is 3.70. The van der Waals surface area contributed by atoms with E-state index >= 15 is 0 Å². The van der Waals surface area contributed by atoms with Crippen LogP contribution in [0.2, 0.25) is 0 Å². The van der Waals surface area contributed by atoms with E-state index in [1.54, 1.807) is 0 Å². The maximum Gasteiger partial charge on any atom is 0.338 e. The van der Waals surface area contributed by atoms with Gasteiger partial charge in [-0.15, -0.1) is 5.10 Å². The van der Waals surface area contributed by atoms with Crippen LogP contribution in [0.5, 0.6) is 6.01 Å². The molecule has 2 aromatic heterocycles. The van der Waals surface area contributed by atoms with Gasteiger partial charge in [-0.3, -0.25) is 0 Å². The number of anilines is 1. The molecule has 0 aliphatic heterocycles. The SMILES string of the molecule is CCNc1nc2cc(F)ccc2n2c(OS(C)(=O)=O)nnc12. The van der Waals surface area contributed by atoms with Crippen LogP contribution in [0.1, 0.15) is 6.92 Å². The van der Waals surface area contributed by atoms with Crippen molar-refractivity contribution in [3.63, 3.8) is 0 Å². The Morgan fingerprint density at radius 1 is 1.36 bits per heavy atom. The molecule has 0 fully saturated rings. The van der Waals surface area contributed by atoms with Crippen LogP contribution in [-0.4, -0.2) is 40.8 Å². The minimum absolute atomic E-state index is 0.226. The van der Waals surface area contributed by atoms with Crippen LogP contribution in [-0.2, 0) is 10.1 Å². The fourth-order valence-corrected chi connectivity index (χ4v) is 2.44. The second-order valence-corrected chi connectivity index (χ2v) is 6.13. The normalized spacial score (nSPS) is 12.0. The molecule has 3 rings (SSSR count). The van der Waals surface area contributed by atoms with E-state index in [4.69, 9.17) is 4.18 Å². The molecule has 1 N–H and O–H groups in total. The van der Waals surface area contributed by atoms with Crippen LogP contribution in [0.15, 0.2) is 18.2 Å². The second-order valence-electron chi connectivity index (χ2n) is 4.55. The van der Waals surface area contributed by atoms with Crippen LogP contribution >= 0.6 is 0 Å². The van der Waals surface area contributed by atoms with Crippen molar-refractivity contribution in [2.75, 3.05) is 18.1 Å². The summed E-state index contributed by atoms with van der Waals surface area (Å²) in [5.41, 5.74) is 1.04. The van der Waals surface area contributed by atoms with Crippen molar-refractivity contribution >= 4 is 32.6 Å². The molecule has 0 saturated heterocycles. The molecule has 1 aromatic carbocycles. The van der Waals surface area contributed by atoms with E-state index in [1.165, 1.54) is 22.6 Å². The molecule has 0 radical (unpaired) electrons.